The van der Waals surface area contributed by atoms with Crippen molar-refractivity contribution in [3.8, 4) is 0 Å². The first kappa shape index (κ1) is 13.1. The van der Waals surface area contributed by atoms with E-state index in [1.807, 2.05) is 0 Å². The maximum Gasteiger partial charge on any atom is 0.338 e. The zero-order valence-corrected chi connectivity index (χ0v) is 9.86. The normalized spacial score (nSPS) is 50.2. The van der Waals surface area contributed by atoms with Crippen molar-refractivity contribution in [2.24, 2.45) is 5.92 Å². The SMILES string of the molecule is CN1[C@@H]2C(O)C(O)[C@H](O)C(CO)C2OS1(=O)=O. The van der Waals surface area contributed by atoms with Gasteiger partial charge in [0.25, 0.3) is 0 Å². The lowest BCUT2D eigenvalue weighted by molar-refractivity contribution is -0.163. The molecule has 2 fully saturated rings. The molecule has 4 N–H and O–H groups in total. The summed E-state index contributed by atoms with van der Waals surface area (Å²) in [6.45, 7) is -0.546. The summed E-state index contributed by atoms with van der Waals surface area (Å²) in [5.41, 5.74) is 0. The number of fused-ring (bicyclic) bond motifs is 1. The molecule has 1 saturated heterocycles. The molecular formula is C8H15NO7S. The average Bonchev–Trinajstić information content (AvgIpc) is 2.48. The van der Waals surface area contributed by atoms with Crippen LogP contribution in [0.2, 0.25) is 0 Å². The molecule has 17 heavy (non-hydrogen) atoms. The molecule has 0 radical (unpaired) electrons. The highest BCUT2D eigenvalue weighted by molar-refractivity contribution is 7.84. The minimum atomic E-state index is -3.99. The van der Waals surface area contributed by atoms with Crippen molar-refractivity contribution in [3.05, 3.63) is 0 Å². The highest BCUT2D eigenvalue weighted by Crippen LogP contribution is 2.37. The van der Waals surface area contributed by atoms with Gasteiger partial charge in [-0.25, -0.2) is 0 Å². The lowest BCUT2D eigenvalue weighted by Gasteiger charge is -2.41. The predicted octanol–water partition coefficient (Wildman–Crippen LogP) is -3.36. The number of nitrogens with zero attached hydrogens (tertiary/aromatic N) is 1. The van der Waals surface area contributed by atoms with Crippen LogP contribution < -0.4 is 0 Å². The third kappa shape index (κ3) is 1.78. The molecule has 2 aliphatic rings. The van der Waals surface area contributed by atoms with Crippen LogP contribution in [-0.4, -0.2) is 77.3 Å². The van der Waals surface area contributed by atoms with E-state index in [9.17, 15) is 23.7 Å². The van der Waals surface area contributed by atoms with Gasteiger partial charge in [0, 0.05) is 13.0 Å². The third-order valence-electron chi connectivity index (χ3n) is 3.46. The quantitative estimate of drug-likeness (QED) is 0.391. The maximum absolute atomic E-state index is 11.5. The van der Waals surface area contributed by atoms with Gasteiger partial charge in [0.05, 0.1) is 18.8 Å². The Kier molecular flexibility index (Phi) is 3.19. The highest BCUT2D eigenvalue weighted by Gasteiger charge is 2.58. The number of hydrogen-bond donors (Lipinski definition) is 4. The van der Waals surface area contributed by atoms with Gasteiger partial charge in [-0.1, -0.05) is 0 Å². The number of hydrogen-bond acceptors (Lipinski definition) is 7. The van der Waals surface area contributed by atoms with Gasteiger partial charge in [-0.15, -0.1) is 0 Å². The van der Waals surface area contributed by atoms with Crippen LogP contribution in [-0.2, 0) is 14.5 Å². The van der Waals surface area contributed by atoms with Gasteiger partial charge in [0.2, 0.25) is 0 Å². The Hall–Kier alpha value is -0.290. The fourth-order valence-corrected chi connectivity index (χ4v) is 3.63. The van der Waals surface area contributed by atoms with E-state index >= 15 is 0 Å². The molecule has 100 valence electrons. The number of aliphatic hydroxyl groups is 4. The number of likely N-dealkylation sites (N-methyl/N-ethyl adjacent to an activating group) is 1. The van der Waals surface area contributed by atoms with Gasteiger partial charge in [0.1, 0.15) is 18.3 Å². The second-order valence-corrected chi connectivity index (χ2v) is 5.97. The van der Waals surface area contributed by atoms with Crippen molar-refractivity contribution in [1.29, 1.82) is 0 Å². The molecule has 1 aliphatic heterocycles. The Morgan fingerprint density at radius 3 is 2.29 bits per heavy atom. The van der Waals surface area contributed by atoms with Crippen molar-refractivity contribution in [1.82, 2.24) is 4.31 Å². The molecule has 2 rings (SSSR count). The van der Waals surface area contributed by atoms with Crippen LogP contribution in [0.25, 0.3) is 0 Å². The van der Waals surface area contributed by atoms with E-state index < -0.39 is 53.3 Å². The largest absolute Gasteiger partial charge is 0.396 e. The van der Waals surface area contributed by atoms with Crippen molar-refractivity contribution >= 4 is 10.3 Å². The molecule has 0 aromatic rings. The van der Waals surface area contributed by atoms with Crippen LogP contribution >= 0.6 is 0 Å². The molecule has 0 aromatic carbocycles. The zero-order chi connectivity index (χ0) is 13.0. The number of aliphatic hydroxyl groups excluding tert-OH is 4. The van der Waals surface area contributed by atoms with E-state index in [0.717, 1.165) is 4.31 Å². The van der Waals surface area contributed by atoms with Crippen molar-refractivity contribution in [2.45, 2.75) is 30.5 Å². The Morgan fingerprint density at radius 1 is 1.18 bits per heavy atom. The predicted molar refractivity (Wildman–Crippen MR) is 53.9 cm³/mol. The highest BCUT2D eigenvalue weighted by atomic mass is 32.2. The Morgan fingerprint density at radius 2 is 1.76 bits per heavy atom. The van der Waals surface area contributed by atoms with Gasteiger partial charge >= 0.3 is 10.3 Å². The Bertz CT molecular complexity index is 399. The van der Waals surface area contributed by atoms with E-state index in [1.165, 1.54) is 7.05 Å². The second-order valence-electron chi connectivity index (χ2n) is 4.34. The third-order valence-corrected chi connectivity index (χ3v) is 4.88. The fraction of sp³-hybridized carbons (Fsp3) is 1.00. The van der Waals surface area contributed by atoms with Crippen molar-refractivity contribution < 1.29 is 33.0 Å². The van der Waals surface area contributed by atoms with Crippen molar-refractivity contribution in [2.75, 3.05) is 13.7 Å². The molecule has 9 heteroatoms. The molecule has 4 unspecified atom stereocenters. The van der Waals surface area contributed by atoms with Gasteiger partial charge < -0.3 is 20.4 Å². The summed E-state index contributed by atoms with van der Waals surface area (Å²) in [6.07, 6.45) is -5.48. The number of rotatable bonds is 1. The minimum Gasteiger partial charge on any atom is -0.396 e. The fourth-order valence-electron chi connectivity index (χ4n) is 2.42. The molecule has 8 nitrogen and oxygen atoms in total. The van der Waals surface area contributed by atoms with Crippen LogP contribution in [0.5, 0.6) is 0 Å². The molecule has 1 heterocycles. The smallest absolute Gasteiger partial charge is 0.338 e. The van der Waals surface area contributed by atoms with E-state index in [0.29, 0.717) is 0 Å². The Labute approximate surface area is 98.3 Å². The summed E-state index contributed by atoms with van der Waals surface area (Å²) in [5.74, 6) is -0.960. The van der Waals surface area contributed by atoms with E-state index in [-0.39, 0.29) is 0 Å². The molecule has 1 saturated carbocycles. The summed E-state index contributed by atoms with van der Waals surface area (Å²) in [4.78, 5) is 0. The standard InChI is InChI=1S/C8H15NO7S/c1-9-4-6(12)7(13)5(11)3(2-10)8(4)16-17(9,14)15/h3-8,10-13H,2H2,1H3/t3?,4-,5-,6?,7?,8?/m1/s1. The van der Waals surface area contributed by atoms with E-state index in [4.69, 9.17) is 9.29 Å². The van der Waals surface area contributed by atoms with E-state index in [1.54, 1.807) is 0 Å². The average molecular weight is 269 g/mol. The van der Waals surface area contributed by atoms with Crippen LogP contribution in [0.15, 0.2) is 0 Å². The van der Waals surface area contributed by atoms with Gasteiger partial charge in [0.15, 0.2) is 0 Å². The van der Waals surface area contributed by atoms with Gasteiger partial charge in [-0.05, 0) is 0 Å². The Balaban J connectivity index is 2.40. The zero-order valence-electron chi connectivity index (χ0n) is 9.04. The molecule has 0 aromatic heterocycles. The van der Waals surface area contributed by atoms with Gasteiger partial charge in [-0.2, -0.15) is 12.7 Å². The minimum absolute atomic E-state index is 0.546. The first-order chi connectivity index (χ1) is 7.81. The van der Waals surface area contributed by atoms with Crippen LogP contribution in [0.1, 0.15) is 0 Å². The van der Waals surface area contributed by atoms with Crippen LogP contribution in [0.3, 0.4) is 0 Å². The lowest BCUT2D eigenvalue weighted by atomic mass is 9.77. The summed E-state index contributed by atoms with van der Waals surface area (Å²) < 4.78 is 28.6. The molecule has 0 bridgehead atoms. The summed E-state index contributed by atoms with van der Waals surface area (Å²) in [5, 5.41) is 38.1. The summed E-state index contributed by atoms with van der Waals surface area (Å²) >= 11 is 0. The maximum atomic E-state index is 11.5. The monoisotopic (exact) mass is 269 g/mol. The molecule has 6 atom stereocenters. The van der Waals surface area contributed by atoms with Crippen LogP contribution in [0, 0.1) is 5.92 Å². The molecule has 0 amide bonds. The first-order valence-electron chi connectivity index (χ1n) is 5.12. The lowest BCUT2D eigenvalue weighted by Crippen LogP contribution is -2.63. The van der Waals surface area contributed by atoms with Gasteiger partial charge in [-0.3, -0.25) is 4.18 Å². The first-order valence-corrected chi connectivity index (χ1v) is 6.49. The molecule has 0 spiro atoms. The van der Waals surface area contributed by atoms with Crippen LogP contribution in [0.4, 0.5) is 0 Å². The molecular weight excluding hydrogens is 254 g/mol. The van der Waals surface area contributed by atoms with Crippen molar-refractivity contribution in [3.63, 3.8) is 0 Å². The molecule has 1 aliphatic carbocycles. The summed E-state index contributed by atoms with van der Waals surface area (Å²) in [6, 6.07) is -1.00. The van der Waals surface area contributed by atoms with E-state index in [2.05, 4.69) is 0 Å². The second kappa shape index (κ2) is 4.12. The summed E-state index contributed by atoms with van der Waals surface area (Å²) in [7, 11) is -2.78. The topological polar surface area (TPSA) is 128 Å².